The third-order valence-corrected chi connectivity index (χ3v) is 5.61. The molecule has 8 heteroatoms. The van der Waals surface area contributed by atoms with Crippen LogP contribution < -0.4 is 15.4 Å². The van der Waals surface area contributed by atoms with E-state index < -0.39 is 6.04 Å². The summed E-state index contributed by atoms with van der Waals surface area (Å²) in [5.74, 6) is 0.839. The number of hydrogen-bond donors (Lipinski definition) is 2. The third kappa shape index (κ3) is 5.91. The summed E-state index contributed by atoms with van der Waals surface area (Å²) in [5, 5.41) is 19.4. The molecule has 4 aromatic rings. The Balaban J connectivity index is 1.48. The molecule has 0 bridgehead atoms. The van der Waals surface area contributed by atoms with Crippen LogP contribution in [0, 0.1) is 11.3 Å². The Labute approximate surface area is 204 Å². The molecule has 1 atom stereocenters. The number of nitrogens with one attached hydrogen (secondary N) is 2. The van der Waals surface area contributed by atoms with Gasteiger partial charge in [0.15, 0.2) is 0 Å². The number of nitrogens with zero attached hydrogens (tertiary/aromatic N) is 4. The molecule has 0 radical (unpaired) electrons. The average Bonchev–Trinajstić information content (AvgIpc) is 3.33. The number of anilines is 1. The van der Waals surface area contributed by atoms with E-state index in [9.17, 15) is 4.79 Å². The highest BCUT2D eigenvalue weighted by Crippen LogP contribution is 2.26. The zero-order valence-electron chi connectivity index (χ0n) is 19.6. The molecule has 0 saturated carbocycles. The number of para-hydroxylation sites is 1. The van der Waals surface area contributed by atoms with Crippen molar-refractivity contribution in [2.24, 2.45) is 7.05 Å². The first-order chi connectivity index (χ1) is 17.1. The SMILES string of the molecule is COc1ccccc1[C@H](NCCc1ccc(C#N)cc1)C(=O)Nc1ccc(-c2cnn(C)c2)cn1. The van der Waals surface area contributed by atoms with Crippen molar-refractivity contribution in [2.45, 2.75) is 12.5 Å². The predicted octanol–water partition coefficient (Wildman–Crippen LogP) is 3.87. The van der Waals surface area contributed by atoms with Gasteiger partial charge in [-0.3, -0.25) is 9.48 Å². The second kappa shape index (κ2) is 11.1. The summed E-state index contributed by atoms with van der Waals surface area (Å²) in [6.45, 7) is 0.551. The lowest BCUT2D eigenvalue weighted by Gasteiger charge is -2.21. The first kappa shape index (κ1) is 23.7. The fraction of sp³-hybridized carbons (Fsp3) is 0.185. The van der Waals surface area contributed by atoms with Gasteiger partial charge in [-0.15, -0.1) is 0 Å². The molecule has 35 heavy (non-hydrogen) atoms. The smallest absolute Gasteiger partial charge is 0.247 e. The van der Waals surface area contributed by atoms with E-state index in [1.165, 1.54) is 0 Å². The van der Waals surface area contributed by atoms with E-state index in [4.69, 9.17) is 10.00 Å². The summed E-state index contributed by atoms with van der Waals surface area (Å²) in [4.78, 5) is 17.8. The Morgan fingerprint density at radius 3 is 2.54 bits per heavy atom. The number of ether oxygens (including phenoxy) is 1. The number of carbonyl (C=O) groups is 1. The number of pyridine rings is 1. The number of hydrogen-bond acceptors (Lipinski definition) is 6. The molecule has 2 N–H and O–H groups in total. The lowest BCUT2D eigenvalue weighted by Crippen LogP contribution is -2.34. The summed E-state index contributed by atoms with van der Waals surface area (Å²) in [6, 6.07) is 20.0. The van der Waals surface area contributed by atoms with Gasteiger partial charge in [0, 0.05) is 42.7 Å². The lowest BCUT2D eigenvalue weighted by atomic mass is 10.0. The maximum atomic E-state index is 13.3. The molecule has 0 unspecified atom stereocenters. The van der Waals surface area contributed by atoms with Crippen LogP contribution in [0.1, 0.15) is 22.7 Å². The number of methoxy groups -OCH3 is 1. The maximum absolute atomic E-state index is 13.3. The summed E-state index contributed by atoms with van der Waals surface area (Å²) < 4.78 is 7.24. The Hall–Kier alpha value is -4.48. The van der Waals surface area contributed by atoms with Crippen molar-refractivity contribution in [3.63, 3.8) is 0 Å². The summed E-state index contributed by atoms with van der Waals surface area (Å²) in [7, 11) is 3.45. The second-order valence-electron chi connectivity index (χ2n) is 8.01. The molecule has 4 rings (SSSR count). The van der Waals surface area contributed by atoms with Crippen LogP contribution >= 0.6 is 0 Å². The van der Waals surface area contributed by atoms with Crippen molar-refractivity contribution in [1.29, 1.82) is 5.26 Å². The fourth-order valence-corrected chi connectivity index (χ4v) is 3.76. The number of amides is 1. The van der Waals surface area contributed by atoms with E-state index in [1.54, 1.807) is 42.4 Å². The average molecular weight is 467 g/mol. The number of aromatic nitrogens is 3. The molecule has 0 aliphatic carbocycles. The van der Waals surface area contributed by atoms with Crippen molar-refractivity contribution in [3.8, 4) is 22.9 Å². The standard InChI is InChI=1S/C27H26N6O2/c1-33-18-22(17-31-33)21-11-12-25(30-16-21)32-27(34)26(23-5-3-4-6-24(23)35-2)29-14-13-19-7-9-20(15-28)10-8-19/h3-12,16-18,26,29H,13-14H2,1-2H3,(H,30,32,34)/t26-/m0/s1. The van der Waals surface area contributed by atoms with Gasteiger partial charge in [-0.05, 0) is 42.3 Å². The molecular weight excluding hydrogens is 440 g/mol. The fourth-order valence-electron chi connectivity index (χ4n) is 3.76. The molecule has 8 nitrogen and oxygen atoms in total. The normalized spacial score (nSPS) is 11.5. The van der Waals surface area contributed by atoms with Gasteiger partial charge in [0.05, 0.1) is 24.9 Å². The Kier molecular flexibility index (Phi) is 7.50. The van der Waals surface area contributed by atoms with E-state index in [-0.39, 0.29) is 5.91 Å². The van der Waals surface area contributed by atoms with E-state index in [0.29, 0.717) is 30.1 Å². The molecule has 0 aliphatic heterocycles. The molecule has 0 spiro atoms. The molecule has 1 amide bonds. The minimum absolute atomic E-state index is 0.240. The van der Waals surface area contributed by atoms with Crippen molar-refractivity contribution < 1.29 is 9.53 Å². The number of benzene rings is 2. The van der Waals surface area contributed by atoms with Gasteiger partial charge >= 0.3 is 0 Å². The van der Waals surface area contributed by atoms with E-state index in [1.807, 2.05) is 55.7 Å². The number of rotatable bonds is 9. The van der Waals surface area contributed by atoms with E-state index in [0.717, 1.165) is 22.3 Å². The minimum Gasteiger partial charge on any atom is -0.496 e. The van der Waals surface area contributed by atoms with Crippen LogP contribution in [-0.2, 0) is 18.3 Å². The van der Waals surface area contributed by atoms with Crippen LogP contribution in [0.2, 0.25) is 0 Å². The molecular formula is C27H26N6O2. The van der Waals surface area contributed by atoms with Crippen molar-refractivity contribution >= 4 is 11.7 Å². The summed E-state index contributed by atoms with van der Waals surface area (Å²) in [6.07, 6.45) is 6.08. The van der Waals surface area contributed by atoms with Crippen LogP contribution in [0.4, 0.5) is 5.82 Å². The van der Waals surface area contributed by atoms with Crippen molar-refractivity contribution in [2.75, 3.05) is 19.0 Å². The third-order valence-electron chi connectivity index (χ3n) is 5.61. The van der Waals surface area contributed by atoms with Crippen LogP contribution in [0.5, 0.6) is 5.75 Å². The molecule has 176 valence electrons. The monoisotopic (exact) mass is 466 g/mol. The molecule has 2 aromatic heterocycles. The Morgan fingerprint density at radius 1 is 1.09 bits per heavy atom. The summed E-state index contributed by atoms with van der Waals surface area (Å²) in [5.41, 5.74) is 4.30. The van der Waals surface area contributed by atoms with Gasteiger partial charge in [0.1, 0.15) is 17.6 Å². The Morgan fingerprint density at radius 2 is 1.89 bits per heavy atom. The van der Waals surface area contributed by atoms with Crippen LogP contribution in [0.15, 0.2) is 79.3 Å². The van der Waals surface area contributed by atoms with Gasteiger partial charge in [-0.2, -0.15) is 10.4 Å². The molecule has 0 fully saturated rings. The molecule has 0 saturated heterocycles. The van der Waals surface area contributed by atoms with Crippen LogP contribution in [0.3, 0.4) is 0 Å². The van der Waals surface area contributed by atoms with Gasteiger partial charge in [-0.25, -0.2) is 4.98 Å². The van der Waals surface area contributed by atoms with Crippen molar-refractivity contribution in [3.05, 3.63) is 95.9 Å². The van der Waals surface area contributed by atoms with Gasteiger partial charge < -0.3 is 15.4 Å². The van der Waals surface area contributed by atoms with Crippen molar-refractivity contribution in [1.82, 2.24) is 20.1 Å². The van der Waals surface area contributed by atoms with Crippen LogP contribution in [0.25, 0.3) is 11.1 Å². The number of carbonyl (C=O) groups excluding carboxylic acids is 1. The highest BCUT2D eigenvalue weighted by Gasteiger charge is 2.23. The van der Waals surface area contributed by atoms with E-state index in [2.05, 4.69) is 26.8 Å². The van der Waals surface area contributed by atoms with Gasteiger partial charge in [0.25, 0.3) is 0 Å². The highest BCUT2D eigenvalue weighted by atomic mass is 16.5. The highest BCUT2D eigenvalue weighted by molar-refractivity contribution is 5.95. The summed E-state index contributed by atoms with van der Waals surface area (Å²) >= 11 is 0. The number of nitriles is 1. The zero-order chi connectivity index (χ0) is 24.6. The lowest BCUT2D eigenvalue weighted by molar-refractivity contribution is -0.118. The first-order valence-corrected chi connectivity index (χ1v) is 11.2. The van der Waals surface area contributed by atoms with Gasteiger partial charge in [-0.1, -0.05) is 30.3 Å². The topological polar surface area (TPSA) is 105 Å². The predicted molar refractivity (Wildman–Crippen MR) is 134 cm³/mol. The molecule has 2 aromatic carbocycles. The molecule has 0 aliphatic rings. The maximum Gasteiger partial charge on any atom is 0.247 e. The minimum atomic E-state index is -0.649. The zero-order valence-corrected chi connectivity index (χ0v) is 19.6. The van der Waals surface area contributed by atoms with E-state index >= 15 is 0 Å². The first-order valence-electron chi connectivity index (χ1n) is 11.2. The number of aryl methyl sites for hydroxylation is 1. The molecule has 2 heterocycles. The second-order valence-corrected chi connectivity index (χ2v) is 8.01. The quantitative estimate of drug-likeness (QED) is 0.388. The largest absolute Gasteiger partial charge is 0.496 e. The Bertz CT molecular complexity index is 1320. The van der Waals surface area contributed by atoms with Gasteiger partial charge in [0.2, 0.25) is 5.91 Å². The van der Waals surface area contributed by atoms with Crippen LogP contribution in [-0.4, -0.2) is 34.3 Å².